The summed E-state index contributed by atoms with van der Waals surface area (Å²) in [6.45, 7) is 4.37. The van der Waals surface area contributed by atoms with Crippen LogP contribution >= 0.6 is 0 Å². The number of ether oxygens (including phenoxy) is 1. The Balaban J connectivity index is 1.48. The normalized spacial score (nSPS) is 27.6. The Morgan fingerprint density at radius 2 is 2.14 bits per heavy atom. The van der Waals surface area contributed by atoms with Gasteiger partial charge in [-0.15, -0.1) is 0 Å². The van der Waals surface area contributed by atoms with Crippen molar-refractivity contribution in [3.8, 4) is 5.75 Å². The number of nitrogens with one attached hydrogen (secondary N) is 1. The van der Waals surface area contributed by atoms with Crippen molar-refractivity contribution in [2.24, 2.45) is 17.8 Å². The molecule has 2 fully saturated rings. The van der Waals surface area contributed by atoms with Gasteiger partial charge in [0.2, 0.25) is 0 Å². The Kier molecular flexibility index (Phi) is 4.70. The summed E-state index contributed by atoms with van der Waals surface area (Å²) in [4.78, 5) is 12.2. The van der Waals surface area contributed by atoms with Crippen LogP contribution in [0.2, 0.25) is 0 Å². The van der Waals surface area contributed by atoms with Gasteiger partial charge in [-0.2, -0.15) is 0 Å². The second kappa shape index (κ2) is 6.72. The van der Waals surface area contributed by atoms with Crippen LogP contribution in [0.25, 0.3) is 0 Å². The molecular weight excluding hydrogens is 274 g/mol. The maximum Gasteiger partial charge on any atom is 0.258 e. The summed E-state index contributed by atoms with van der Waals surface area (Å²) < 4.78 is 5.70. The molecule has 0 radical (unpaired) electrons. The second-order valence-electron chi connectivity index (χ2n) is 6.94. The first-order valence-corrected chi connectivity index (χ1v) is 8.67. The average Bonchev–Trinajstić information content (AvgIpc) is 3.16. The van der Waals surface area contributed by atoms with Crippen LogP contribution in [0.5, 0.6) is 5.75 Å². The third-order valence-corrected chi connectivity index (χ3v) is 5.54. The molecule has 2 bridgehead atoms. The smallest absolute Gasteiger partial charge is 0.258 e. The Morgan fingerprint density at radius 3 is 2.82 bits per heavy atom. The third-order valence-electron chi connectivity index (χ3n) is 5.54. The molecule has 0 spiro atoms. The Bertz CT molecular complexity index is 528. The van der Waals surface area contributed by atoms with Gasteiger partial charge < -0.3 is 10.1 Å². The van der Waals surface area contributed by atoms with Gasteiger partial charge in [0.25, 0.3) is 5.91 Å². The number of para-hydroxylation sites is 1. The van der Waals surface area contributed by atoms with E-state index < -0.39 is 0 Å². The van der Waals surface area contributed by atoms with Crippen molar-refractivity contribution in [2.75, 3.05) is 6.61 Å². The van der Waals surface area contributed by atoms with E-state index in [0.717, 1.165) is 29.6 Å². The Morgan fingerprint density at radius 1 is 1.32 bits per heavy atom. The number of benzene rings is 1. The number of aryl methyl sites for hydroxylation is 1. The predicted octanol–water partition coefficient (Wildman–Crippen LogP) is 3.57. The molecule has 0 heterocycles. The van der Waals surface area contributed by atoms with E-state index in [4.69, 9.17) is 4.74 Å². The molecule has 4 unspecified atom stereocenters. The molecule has 3 nitrogen and oxygen atoms in total. The van der Waals surface area contributed by atoms with Crippen LogP contribution in [-0.2, 0) is 11.2 Å². The first kappa shape index (κ1) is 15.4. The van der Waals surface area contributed by atoms with Gasteiger partial charge in [0.15, 0.2) is 6.61 Å². The zero-order valence-electron chi connectivity index (χ0n) is 13.7. The second-order valence-corrected chi connectivity index (χ2v) is 6.94. The Hall–Kier alpha value is -1.51. The van der Waals surface area contributed by atoms with Gasteiger partial charge in [-0.05, 0) is 62.0 Å². The van der Waals surface area contributed by atoms with Crippen molar-refractivity contribution < 1.29 is 9.53 Å². The summed E-state index contributed by atoms with van der Waals surface area (Å²) in [5.74, 6) is 3.25. The van der Waals surface area contributed by atoms with E-state index >= 15 is 0 Å². The van der Waals surface area contributed by atoms with Gasteiger partial charge in [0.05, 0.1) is 0 Å². The van der Waals surface area contributed by atoms with E-state index in [2.05, 4.69) is 19.2 Å². The molecule has 0 aliphatic heterocycles. The average molecular weight is 301 g/mol. The topological polar surface area (TPSA) is 38.3 Å². The summed E-state index contributed by atoms with van der Waals surface area (Å²) in [5, 5.41) is 3.15. The van der Waals surface area contributed by atoms with E-state index in [9.17, 15) is 4.79 Å². The number of rotatable bonds is 6. The van der Waals surface area contributed by atoms with Gasteiger partial charge in [0.1, 0.15) is 5.75 Å². The van der Waals surface area contributed by atoms with Gasteiger partial charge in [-0.25, -0.2) is 0 Å². The number of carbonyl (C=O) groups is 1. The fourth-order valence-electron chi connectivity index (χ4n) is 4.39. The number of hydrogen-bond acceptors (Lipinski definition) is 2. The van der Waals surface area contributed by atoms with Gasteiger partial charge >= 0.3 is 0 Å². The lowest BCUT2D eigenvalue weighted by atomic mass is 9.84. The van der Waals surface area contributed by atoms with E-state index in [0.29, 0.717) is 5.92 Å². The third kappa shape index (κ3) is 3.29. The highest BCUT2D eigenvalue weighted by Gasteiger charge is 2.42. The molecule has 2 saturated carbocycles. The van der Waals surface area contributed by atoms with Gasteiger partial charge in [-0.3, -0.25) is 4.79 Å². The van der Waals surface area contributed by atoms with E-state index in [1.165, 1.54) is 25.7 Å². The molecule has 1 N–H and O–H groups in total. The fourth-order valence-corrected chi connectivity index (χ4v) is 4.39. The van der Waals surface area contributed by atoms with Crippen LogP contribution in [0.15, 0.2) is 24.3 Å². The predicted molar refractivity (Wildman–Crippen MR) is 87.9 cm³/mol. The molecule has 1 aromatic carbocycles. The first-order chi connectivity index (χ1) is 10.7. The van der Waals surface area contributed by atoms with Gasteiger partial charge in [0, 0.05) is 6.04 Å². The molecule has 3 rings (SSSR count). The van der Waals surface area contributed by atoms with E-state index in [1.807, 2.05) is 24.3 Å². The van der Waals surface area contributed by atoms with Crippen molar-refractivity contribution >= 4 is 5.91 Å². The van der Waals surface area contributed by atoms with Crippen LogP contribution in [0, 0.1) is 17.8 Å². The lowest BCUT2D eigenvalue weighted by Gasteiger charge is -2.28. The lowest BCUT2D eigenvalue weighted by molar-refractivity contribution is -0.124. The maximum absolute atomic E-state index is 12.2. The minimum Gasteiger partial charge on any atom is -0.483 e. The minimum atomic E-state index is 0.00109. The van der Waals surface area contributed by atoms with E-state index in [-0.39, 0.29) is 18.6 Å². The summed E-state index contributed by atoms with van der Waals surface area (Å²) in [5.41, 5.74) is 1.15. The van der Waals surface area contributed by atoms with Crippen LogP contribution in [0.3, 0.4) is 0 Å². The molecule has 4 atom stereocenters. The highest BCUT2D eigenvalue weighted by molar-refractivity contribution is 5.77. The molecule has 1 aromatic rings. The monoisotopic (exact) mass is 301 g/mol. The summed E-state index contributed by atoms with van der Waals surface area (Å²) in [6, 6.07) is 8.21. The highest BCUT2D eigenvalue weighted by atomic mass is 16.5. The van der Waals surface area contributed by atoms with Crippen LogP contribution in [0.1, 0.15) is 45.1 Å². The minimum absolute atomic E-state index is 0.00109. The van der Waals surface area contributed by atoms with Crippen LogP contribution in [0.4, 0.5) is 0 Å². The molecule has 2 aliphatic rings. The molecule has 3 heteroatoms. The SMILES string of the molecule is CCc1ccccc1OCC(=O)NC(C)C1CC2CCC1C2. The summed E-state index contributed by atoms with van der Waals surface area (Å²) >= 11 is 0. The highest BCUT2D eigenvalue weighted by Crippen LogP contribution is 2.49. The Labute approximate surface area is 133 Å². The molecule has 0 saturated heterocycles. The molecule has 0 aromatic heterocycles. The number of carbonyl (C=O) groups excluding carboxylic acids is 1. The number of fused-ring (bicyclic) bond motifs is 2. The standard InChI is InChI=1S/C19H27NO2/c1-3-15-6-4-5-7-18(15)22-12-19(21)20-13(2)17-11-14-8-9-16(17)10-14/h4-7,13-14,16-17H,3,8-12H2,1-2H3,(H,20,21). The molecular formula is C19H27NO2. The zero-order valence-corrected chi connectivity index (χ0v) is 13.7. The van der Waals surface area contributed by atoms with Gasteiger partial charge in [-0.1, -0.05) is 31.5 Å². The maximum atomic E-state index is 12.2. The van der Waals surface area contributed by atoms with Crippen LogP contribution in [-0.4, -0.2) is 18.6 Å². The quantitative estimate of drug-likeness (QED) is 0.872. The molecule has 2 aliphatic carbocycles. The van der Waals surface area contributed by atoms with Crippen molar-refractivity contribution in [3.05, 3.63) is 29.8 Å². The van der Waals surface area contributed by atoms with Crippen molar-refractivity contribution in [1.29, 1.82) is 0 Å². The number of amides is 1. The van der Waals surface area contributed by atoms with Crippen molar-refractivity contribution in [3.63, 3.8) is 0 Å². The molecule has 22 heavy (non-hydrogen) atoms. The van der Waals surface area contributed by atoms with Crippen molar-refractivity contribution in [1.82, 2.24) is 5.32 Å². The zero-order chi connectivity index (χ0) is 15.5. The summed E-state index contributed by atoms with van der Waals surface area (Å²) in [6.07, 6.45) is 6.35. The van der Waals surface area contributed by atoms with Crippen LogP contribution < -0.4 is 10.1 Å². The lowest BCUT2D eigenvalue weighted by Crippen LogP contribution is -2.42. The first-order valence-electron chi connectivity index (χ1n) is 8.67. The largest absolute Gasteiger partial charge is 0.483 e. The molecule has 1 amide bonds. The van der Waals surface area contributed by atoms with Crippen molar-refractivity contribution in [2.45, 2.75) is 52.0 Å². The number of hydrogen-bond donors (Lipinski definition) is 1. The molecule has 120 valence electrons. The summed E-state index contributed by atoms with van der Waals surface area (Å²) in [7, 11) is 0. The fraction of sp³-hybridized carbons (Fsp3) is 0.632. The van der Waals surface area contributed by atoms with E-state index in [1.54, 1.807) is 0 Å².